The van der Waals surface area contributed by atoms with Crippen molar-refractivity contribution in [1.29, 1.82) is 0 Å². The van der Waals surface area contributed by atoms with Crippen molar-refractivity contribution in [3.63, 3.8) is 0 Å². The summed E-state index contributed by atoms with van der Waals surface area (Å²) in [4.78, 5) is 14.7. The van der Waals surface area contributed by atoms with Crippen LogP contribution in [-0.4, -0.2) is 30.9 Å². The average molecular weight is 405 g/mol. The molecule has 0 N–H and O–H groups in total. The molecule has 0 fully saturated rings. The van der Waals surface area contributed by atoms with Crippen LogP contribution in [0.15, 0.2) is 35.4 Å². The second kappa shape index (κ2) is 10.4. The van der Waals surface area contributed by atoms with Crippen LogP contribution in [-0.2, 0) is 29.8 Å². The van der Waals surface area contributed by atoms with E-state index in [0.29, 0.717) is 5.56 Å². The minimum Gasteiger partial charge on any atom is -0.460 e. The van der Waals surface area contributed by atoms with Gasteiger partial charge in [0, 0.05) is 4.91 Å². The second-order valence-electron chi connectivity index (χ2n) is 5.45. The molecule has 2 atom stereocenters. The minimum absolute atomic E-state index is 0.190. The standard InChI is InChI=1S/C16H22F2N3O5P/c1-4-25-27(23,26-5-2)16(17,18)12(3)14(20-21-19)15(22)24-11-13-9-7-6-8-10-13/h6-10,12,14H,4-5,11H2,1-3H3/t12-,14+/m0/s1. The van der Waals surface area contributed by atoms with Crippen LogP contribution in [0.4, 0.5) is 8.78 Å². The first-order valence-electron chi connectivity index (χ1n) is 8.25. The summed E-state index contributed by atoms with van der Waals surface area (Å²) in [6.45, 7) is 2.92. The maximum absolute atomic E-state index is 14.8. The summed E-state index contributed by atoms with van der Waals surface area (Å²) in [7, 11) is -4.90. The Morgan fingerprint density at radius 2 is 1.81 bits per heavy atom. The molecule has 0 amide bonds. The first-order chi connectivity index (χ1) is 12.7. The minimum atomic E-state index is -4.90. The number of halogens is 2. The van der Waals surface area contributed by atoms with Crippen LogP contribution in [0.3, 0.4) is 0 Å². The molecule has 0 aliphatic rings. The van der Waals surface area contributed by atoms with E-state index >= 15 is 0 Å². The van der Waals surface area contributed by atoms with Gasteiger partial charge < -0.3 is 13.8 Å². The van der Waals surface area contributed by atoms with Crippen molar-refractivity contribution in [2.45, 2.75) is 39.1 Å². The van der Waals surface area contributed by atoms with E-state index in [1.54, 1.807) is 30.3 Å². The number of carbonyl (C=O) groups is 1. The molecule has 1 aromatic carbocycles. The van der Waals surface area contributed by atoms with Crippen molar-refractivity contribution in [2.24, 2.45) is 11.0 Å². The van der Waals surface area contributed by atoms with E-state index in [-0.39, 0.29) is 19.8 Å². The Bertz CT molecular complexity index is 703. The number of esters is 1. The molecule has 0 radical (unpaired) electrons. The topological polar surface area (TPSA) is 111 Å². The summed E-state index contributed by atoms with van der Waals surface area (Å²) in [5.41, 5.74) is 5.21. The van der Waals surface area contributed by atoms with Crippen LogP contribution in [0.1, 0.15) is 26.3 Å². The summed E-state index contributed by atoms with van der Waals surface area (Å²) in [6, 6.07) is 6.62. The molecule has 0 aromatic heterocycles. The van der Waals surface area contributed by atoms with Crippen molar-refractivity contribution in [1.82, 2.24) is 0 Å². The zero-order valence-corrected chi connectivity index (χ0v) is 16.1. The third-order valence-corrected chi connectivity index (χ3v) is 5.96. The van der Waals surface area contributed by atoms with Gasteiger partial charge in [-0.1, -0.05) is 42.4 Å². The first kappa shape index (κ1) is 23.0. The highest BCUT2D eigenvalue weighted by atomic mass is 31.2. The van der Waals surface area contributed by atoms with Crippen LogP contribution in [0.5, 0.6) is 0 Å². The molecule has 0 saturated carbocycles. The fourth-order valence-electron chi connectivity index (χ4n) is 2.21. The van der Waals surface area contributed by atoms with E-state index in [1.165, 1.54) is 13.8 Å². The van der Waals surface area contributed by atoms with Gasteiger partial charge >= 0.3 is 19.2 Å². The molecular weight excluding hydrogens is 383 g/mol. The maximum Gasteiger partial charge on any atom is 0.399 e. The Labute approximate surface area is 156 Å². The predicted octanol–water partition coefficient (Wildman–Crippen LogP) is 4.90. The van der Waals surface area contributed by atoms with Gasteiger partial charge in [0.15, 0.2) is 0 Å². The predicted molar refractivity (Wildman–Crippen MR) is 94.1 cm³/mol. The molecular formula is C16H22F2N3O5P. The molecule has 27 heavy (non-hydrogen) atoms. The van der Waals surface area contributed by atoms with E-state index in [1.807, 2.05) is 0 Å². The SMILES string of the molecule is CCOP(=O)(OCC)C(F)(F)[C@@H](C)[C@@H](N=[N+]=[N-])C(=O)OCc1ccccc1. The normalized spacial score (nSPS) is 14.1. The van der Waals surface area contributed by atoms with Gasteiger partial charge in [0.1, 0.15) is 12.6 Å². The maximum atomic E-state index is 14.8. The van der Waals surface area contributed by atoms with Crippen LogP contribution < -0.4 is 0 Å². The lowest BCUT2D eigenvalue weighted by atomic mass is 10.0. The molecule has 0 heterocycles. The average Bonchev–Trinajstić information content (AvgIpc) is 2.64. The largest absolute Gasteiger partial charge is 0.460 e. The van der Waals surface area contributed by atoms with Gasteiger partial charge in [-0.05, 0) is 24.9 Å². The molecule has 150 valence electrons. The molecule has 11 heteroatoms. The summed E-state index contributed by atoms with van der Waals surface area (Å²) < 4.78 is 56.5. The van der Waals surface area contributed by atoms with E-state index in [9.17, 15) is 18.1 Å². The number of nitrogens with zero attached hydrogens (tertiary/aromatic N) is 3. The molecule has 0 aliphatic heterocycles. The van der Waals surface area contributed by atoms with E-state index in [0.717, 1.165) is 6.92 Å². The number of benzene rings is 1. The number of hydrogen-bond acceptors (Lipinski definition) is 6. The summed E-state index contributed by atoms with van der Waals surface area (Å²) in [6.07, 6.45) is 0. The highest BCUT2D eigenvalue weighted by Crippen LogP contribution is 2.65. The van der Waals surface area contributed by atoms with Crippen molar-refractivity contribution >= 4 is 13.6 Å². The second-order valence-corrected chi connectivity index (χ2v) is 7.56. The van der Waals surface area contributed by atoms with Gasteiger partial charge in [0.2, 0.25) is 0 Å². The Morgan fingerprint density at radius 3 is 2.30 bits per heavy atom. The lowest BCUT2D eigenvalue weighted by Gasteiger charge is -2.32. The number of alkyl halides is 2. The zero-order chi connectivity index (χ0) is 20.5. The van der Waals surface area contributed by atoms with Crippen LogP contribution in [0, 0.1) is 5.92 Å². The van der Waals surface area contributed by atoms with Gasteiger partial charge in [-0.2, -0.15) is 8.78 Å². The lowest BCUT2D eigenvalue weighted by Crippen LogP contribution is -2.40. The zero-order valence-electron chi connectivity index (χ0n) is 15.2. The quantitative estimate of drug-likeness (QED) is 0.171. The highest BCUT2D eigenvalue weighted by Gasteiger charge is 2.60. The Balaban J connectivity index is 3.04. The molecule has 1 rings (SSSR count). The van der Waals surface area contributed by atoms with E-state index in [2.05, 4.69) is 19.1 Å². The van der Waals surface area contributed by atoms with E-state index < -0.39 is 31.2 Å². The third kappa shape index (κ3) is 5.74. The molecule has 0 spiro atoms. The lowest BCUT2D eigenvalue weighted by molar-refractivity contribution is -0.150. The monoisotopic (exact) mass is 405 g/mol. The highest BCUT2D eigenvalue weighted by molar-refractivity contribution is 7.55. The van der Waals surface area contributed by atoms with E-state index in [4.69, 9.17) is 10.3 Å². The van der Waals surface area contributed by atoms with Gasteiger partial charge in [-0.3, -0.25) is 9.36 Å². The summed E-state index contributed by atoms with van der Waals surface area (Å²) in [5, 5.41) is 3.13. The number of rotatable bonds is 11. The van der Waals surface area contributed by atoms with Gasteiger partial charge in [0.05, 0.1) is 19.1 Å². The van der Waals surface area contributed by atoms with Gasteiger partial charge in [0.25, 0.3) is 0 Å². The van der Waals surface area contributed by atoms with Crippen molar-refractivity contribution in [3.8, 4) is 0 Å². The summed E-state index contributed by atoms with van der Waals surface area (Å²) in [5.74, 6) is -3.15. The van der Waals surface area contributed by atoms with Crippen LogP contribution in [0.25, 0.3) is 10.4 Å². The molecule has 8 nitrogen and oxygen atoms in total. The molecule has 0 unspecified atom stereocenters. The van der Waals surface area contributed by atoms with Gasteiger partial charge in [-0.25, -0.2) is 0 Å². The number of ether oxygens (including phenoxy) is 1. The summed E-state index contributed by atoms with van der Waals surface area (Å²) >= 11 is 0. The number of hydrogen-bond donors (Lipinski definition) is 0. The molecule has 0 saturated heterocycles. The number of azide groups is 1. The van der Waals surface area contributed by atoms with Crippen molar-refractivity contribution < 1.29 is 31.9 Å². The van der Waals surface area contributed by atoms with Gasteiger partial charge in [-0.15, -0.1) is 0 Å². The van der Waals surface area contributed by atoms with Crippen molar-refractivity contribution in [2.75, 3.05) is 13.2 Å². The molecule has 0 aliphatic carbocycles. The molecule has 0 bridgehead atoms. The smallest absolute Gasteiger partial charge is 0.399 e. The van der Waals surface area contributed by atoms with Crippen molar-refractivity contribution in [3.05, 3.63) is 46.3 Å². The third-order valence-electron chi connectivity index (χ3n) is 3.63. The Morgan fingerprint density at radius 1 is 1.26 bits per heavy atom. The fourth-order valence-corrected chi connectivity index (χ4v) is 3.95. The van der Waals surface area contributed by atoms with Crippen LogP contribution in [0.2, 0.25) is 0 Å². The first-order valence-corrected chi connectivity index (χ1v) is 9.79. The number of carbonyl (C=O) groups excluding carboxylic acids is 1. The molecule has 1 aromatic rings. The van der Waals surface area contributed by atoms with Crippen LogP contribution >= 0.6 is 7.60 Å². The Hall–Kier alpha value is -1.99. The fraction of sp³-hybridized carbons (Fsp3) is 0.562. The Kier molecular flexibility index (Phi) is 8.85.